The molecule has 1 saturated heterocycles. The monoisotopic (exact) mass is 353 g/mol. The van der Waals surface area contributed by atoms with E-state index < -0.39 is 0 Å². The summed E-state index contributed by atoms with van der Waals surface area (Å²) in [4.78, 5) is 13.0. The van der Waals surface area contributed by atoms with Gasteiger partial charge in [-0.1, -0.05) is 6.92 Å². The largest absolute Gasteiger partial charge is 0.379 e. The van der Waals surface area contributed by atoms with Crippen molar-refractivity contribution >= 4 is 17.3 Å². The molecule has 1 aliphatic heterocycles. The number of morpholine rings is 1. The zero-order chi connectivity index (χ0) is 17.4. The molecule has 24 heavy (non-hydrogen) atoms. The van der Waals surface area contributed by atoms with Crippen LogP contribution in [0.4, 0.5) is 0 Å². The average molecular weight is 354 g/mol. The Morgan fingerprint density at radius 2 is 2.08 bits per heavy atom. The van der Waals surface area contributed by atoms with E-state index in [-0.39, 0.29) is 0 Å². The molecular weight excluding hydrogens is 322 g/mol. The summed E-state index contributed by atoms with van der Waals surface area (Å²) >= 11 is 1.73. The van der Waals surface area contributed by atoms with Crippen LogP contribution in [0, 0.1) is 19.8 Å². The third kappa shape index (κ3) is 6.37. The highest BCUT2D eigenvalue weighted by Crippen LogP contribution is 2.16. The fraction of sp³-hybridized carbons (Fsp3) is 0.765. The molecule has 0 bridgehead atoms. The number of thiazole rings is 1. The average Bonchev–Trinajstić information content (AvgIpc) is 2.89. The maximum absolute atomic E-state index is 5.40. The van der Waals surface area contributed by atoms with Crippen LogP contribution in [0.2, 0.25) is 0 Å². The molecule has 2 rings (SSSR count). The minimum Gasteiger partial charge on any atom is -0.379 e. The van der Waals surface area contributed by atoms with E-state index in [1.54, 1.807) is 11.3 Å². The van der Waals surface area contributed by atoms with Crippen LogP contribution in [-0.4, -0.2) is 61.8 Å². The molecule has 2 heterocycles. The smallest absolute Gasteiger partial charge is 0.191 e. The molecule has 0 amide bonds. The molecule has 0 aliphatic carbocycles. The Balaban J connectivity index is 1.79. The topological polar surface area (TPSA) is 61.8 Å². The predicted molar refractivity (Wildman–Crippen MR) is 101 cm³/mol. The Kier molecular flexibility index (Phi) is 7.94. The van der Waals surface area contributed by atoms with Gasteiger partial charge in [0.05, 0.1) is 25.5 Å². The van der Waals surface area contributed by atoms with Gasteiger partial charge in [0.15, 0.2) is 5.96 Å². The zero-order valence-electron chi connectivity index (χ0n) is 15.4. The van der Waals surface area contributed by atoms with Crippen LogP contribution in [-0.2, 0) is 11.3 Å². The number of nitrogens with zero attached hydrogens (tertiary/aromatic N) is 3. The summed E-state index contributed by atoms with van der Waals surface area (Å²) in [6.45, 7) is 15.8. The molecule has 7 heteroatoms. The van der Waals surface area contributed by atoms with E-state index >= 15 is 0 Å². The van der Waals surface area contributed by atoms with Gasteiger partial charge >= 0.3 is 0 Å². The first-order valence-electron chi connectivity index (χ1n) is 8.83. The fourth-order valence-corrected chi connectivity index (χ4v) is 3.51. The lowest BCUT2D eigenvalue weighted by atomic mass is 10.1. The van der Waals surface area contributed by atoms with E-state index in [2.05, 4.69) is 53.2 Å². The second-order valence-electron chi connectivity index (χ2n) is 6.34. The van der Waals surface area contributed by atoms with Crippen LogP contribution >= 0.6 is 11.3 Å². The number of hydrogen-bond acceptors (Lipinski definition) is 5. The summed E-state index contributed by atoms with van der Waals surface area (Å²) < 4.78 is 5.40. The number of nitrogens with one attached hydrogen (secondary N) is 2. The molecule has 1 aromatic rings. The van der Waals surface area contributed by atoms with Gasteiger partial charge in [0.25, 0.3) is 0 Å². The Labute approximate surface area is 149 Å². The first-order valence-corrected chi connectivity index (χ1v) is 9.65. The molecule has 1 unspecified atom stereocenters. The molecule has 0 spiro atoms. The van der Waals surface area contributed by atoms with Crippen LogP contribution in [0.3, 0.4) is 0 Å². The molecular formula is C17H31N5OS. The Bertz CT molecular complexity index is 506. The number of aryl methyl sites for hydroxylation is 2. The molecule has 1 atom stereocenters. The van der Waals surface area contributed by atoms with Gasteiger partial charge in [-0.2, -0.15) is 0 Å². The van der Waals surface area contributed by atoms with Crippen molar-refractivity contribution in [2.75, 3.05) is 45.9 Å². The summed E-state index contributed by atoms with van der Waals surface area (Å²) in [5.41, 5.74) is 1.11. The van der Waals surface area contributed by atoms with Crippen LogP contribution in [0.25, 0.3) is 0 Å². The normalized spacial score (nSPS) is 17.8. The van der Waals surface area contributed by atoms with Crippen LogP contribution in [0.5, 0.6) is 0 Å². The van der Waals surface area contributed by atoms with Crippen molar-refractivity contribution in [3.05, 3.63) is 15.6 Å². The molecule has 0 radical (unpaired) electrons. The van der Waals surface area contributed by atoms with E-state index in [0.717, 1.165) is 62.6 Å². The second-order valence-corrected chi connectivity index (χ2v) is 7.63. The highest BCUT2D eigenvalue weighted by atomic mass is 32.1. The lowest BCUT2D eigenvalue weighted by Gasteiger charge is -2.29. The van der Waals surface area contributed by atoms with E-state index in [1.165, 1.54) is 4.88 Å². The van der Waals surface area contributed by atoms with Gasteiger partial charge in [0.1, 0.15) is 5.01 Å². The minimum atomic E-state index is 0.566. The Morgan fingerprint density at radius 3 is 2.71 bits per heavy atom. The van der Waals surface area contributed by atoms with Crippen LogP contribution in [0.15, 0.2) is 4.99 Å². The van der Waals surface area contributed by atoms with Gasteiger partial charge in [-0.15, -0.1) is 11.3 Å². The number of guanidine groups is 1. The highest BCUT2D eigenvalue weighted by molar-refractivity contribution is 7.11. The number of aromatic nitrogens is 1. The van der Waals surface area contributed by atoms with Gasteiger partial charge in [0.2, 0.25) is 0 Å². The van der Waals surface area contributed by atoms with Gasteiger partial charge in [0, 0.05) is 37.6 Å². The standard InChI is InChI=1S/C17H31N5OS/c1-5-18-17(20-11-16-21-14(3)15(4)24-16)19-10-13(2)12-22-6-8-23-9-7-22/h13H,5-12H2,1-4H3,(H2,18,19,20). The van der Waals surface area contributed by atoms with Gasteiger partial charge in [-0.25, -0.2) is 9.98 Å². The van der Waals surface area contributed by atoms with Crippen molar-refractivity contribution in [2.45, 2.75) is 34.2 Å². The fourth-order valence-electron chi connectivity index (χ4n) is 2.66. The Morgan fingerprint density at radius 1 is 1.33 bits per heavy atom. The summed E-state index contributed by atoms with van der Waals surface area (Å²) in [7, 11) is 0. The van der Waals surface area contributed by atoms with Crippen LogP contribution in [0.1, 0.15) is 29.4 Å². The molecule has 1 aliphatic rings. The van der Waals surface area contributed by atoms with E-state index in [0.29, 0.717) is 12.5 Å². The molecule has 6 nitrogen and oxygen atoms in total. The first-order chi connectivity index (χ1) is 11.6. The van der Waals surface area contributed by atoms with Gasteiger partial charge in [-0.05, 0) is 26.7 Å². The number of rotatable bonds is 7. The maximum atomic E-state index is 5.40. The third-order valence-electron chi connectivity index (χ3n) is 4.08. The summed E-state index contributed by atoms with van der Waals surface area (Å²) in [6, 6.07) is 0. The number of ether oxygens (including phenoxy) is 1. The summed E-state index contributed by atoms with van der Waals surface area (Å²) in [5, 5.41) is 7.85. The van der Waals surface area contributed by atoms with Crippen molar-refractivity contribution < 1.29 is 4.74 Å². The Hall–Kier alpha value is -1.18. The van der Waals surface area contributed by atoms with Crippen molar-refractivity contribution in [3.8, 4) is 0 Å². The maximum Gasteiger partial charge on any atom is 0.191 e. The van der Waals surface area contributed by atoms with Crippen LogP contribution < -0.4 is 10.6 Å². The summed E-state index contributed by atoms with van der Waals surface area (Å²) in [5.74, 6) is 1.44. The van der Waals surface area contributed by atoms with E-state index in [1.807, 2.05) is 0 Å². The predicted octanol–water partition coefficient (Wildman–Crippen LogP) is 1.78. The number of hydrogen-bond donors (Lipinski definition) is 2. The van der Waals surface area contributed by atoms with E-state index in [9.17, 15) is 0 Å². The minimum absolute atomic E-state index is 0.566. The van der Waals surface area contributed by atoms with E-state index in [4.69, 9.17) is 4.74 Å². The molecule has 1 aromatic heterocycles. The van der Waals surface area contributed by atoms with Gasteiger partial charge < -0.3 is 15.4 Å². The lowest BCUT2D eigenvalue weighted by Crippen LogP contribution is -2.44. The van der Waals surface area contributed by atoms with Crippen molar-refractivity contribution in [1.29, 1.82) is 0 Å². The van der Waals surface area contributed by atoms with Crippen molar-refractivity contribution in [2.24, 2.45) is 10.9 Å². The number of aliphatic imine (C=N–C) groups is 1. The summed E-state index contributed by atoms with van der Waals surface area (Å²) in [6.07, 6.45) is 0. The zero-order valence-corrected chi connectivity index (χ0v) is 16.2. The molecule has 2 N–H and O–H groups in total. The third-order valence-corrected chi connectivity index (χ3v) is 5.14. The quantitative estimate of drug-likeness (QED) is 0.578. The SMILES string of the molecule is CCNC(=NCc1nc(C)c(C)s1)NCC(C)CN1CCOCC1. The molecule has 136 valence electrons. The molecule has 0 aromatic carbocycles. The molecule has 1 fully saturated rings. The lowest BCUT2D eigenvalue weighted by molar-refractivity contribution is 0.0320. The first kappa shape index (κ1) is 19.1. The van der Waals surface area contributed by atoms with Gasteiger partial charge in [-0.3, -0.25) is 4.90 Å². The molecule has 0 saturated carbocycles. The van der Waals surface area contributed by atoms with Crippen molar-refractivity contribution in [1.82, 2.24) is 20.5 Å². The highest BCUT2D eigenvalue weighted by Gasteiger charge is 2.14. The second kappa shape index (κ2) is 9.96. The van der Waals surface area contributed by atoms with Crippen molar-refractivity contribution in [3.63, 3.8) is 0 Å².